The maximum absolute atomic E-state index is 12.9. The zero-order chi connectivity index (χ0) is 22.5. The fourth-order valence-electron chi connectivity index (χ4n) is 4.29. The van der Waals surface area contributed by atoms with Gasteiger partial charge in [0, 0.05) is 35.2 Å². The maximum Gasteiger partial charge on any atom is 0.220 e. The molecule has 2 heterocycles. The van der Waals surface area contributed by atoms with Crippen molar-refractivity contribution in [3.05, 3.63) is 52.0 Å². The number of rotatable bonds is 11. The van der Waals surface area contributed by atoms with Gasteiger partial charge in [0.1, 0.15) is 5.82 Å². The van der Waals surface area contributed by atoms with Gasteiger partial charge < -0.3 is 10.3 Å². The van der Waals surface area contributed by atoms with E-state index in [-0.39, 0.29) is 12.2 Å². The molecule has 1 amide bonds. The fourth-order valence-corrected chi connectivity index (χ4v) is 4.99. The average molecular weight is 440 g/mol. The number of benzene rings is 1. The Balaban J connectivity index is 1.96. The van der Waals surface area contributed by atoms with Crippen molar-refractivity contribution >= 4 is 34.1 Å². The smallest absolute Gasteiger partial charge is 0.220 e. The topological polar surface area (TPSA) is 78.0 Å². The van der Waals surface area contributed by atoms with E-state index in [4.69, 9.17) is 10.7 Å². The van der Waals surface area contributed by atoms with Crippen LogP contribution in [0.2, 0.25) is 0 Å². The Morgan fingerprint density at radius 3 is 2.48 bits per heavy atom. The summed E-state index contributed by atoms with van der Waals surface area (Å²) in [6.07, 6.45) is 3.60. The SMILES string of the molecule is CCC(CC)n1c(Cc2cccs2)nc2cc(C(=O)CC(CC(C)C)C(N)=O)ccc21. The van der Waals surface area contributed by atoms with Gasteiger partial charge in [-0.05, 0) is 54.8 Å². The van der Waals surface area contributed by atoms with E-state index in [0.717, 1.165) is 36.1 Å². The molecule has 0 radical (unpaired) electrons. The summed E-state index contributed by atoms with van der Waals surface area (Å²) in [7, 11) is 0. The molecule has 31 heavy (non-hydrogen) atoms. The zero-order valence-corrected chi connectivity index (χ0v) is 19.7. The average Bonchev–Trinajstić information content (AvgIpc) is 3.36. The molecule has 0 saturated carbocycles. The van der Waals surface area contributed by atoms with Crippen LogP contribution in [-0.2, 0) is 11.2 Å². The molecule has 0 bridgehead atoms. The third kappa shape index (κ3) is 5.42. The molecule has 2 aromatic heterocycles. The molecule has 5 nitrogen and oxygen atoms in total. The first-order valence-electron chi connectivity index (χ1n) is 11.2. The molecule has 3 rings (SSSR count). The number of amides is 1. The van der Waals surface area contributed by atoms with Crippen molar-refractivity contribution in [2.75, 3.05) is 0 Å². The number of ketones is 1. The Morgan fingerprint density at radius 2 is 1.90 bits per heavy atom. The van der Waals surface area contributed by atoms with Crippen molar-refractivity contribution in [2.45, 2.75) is 65.8 Å². The van der Waals surface area contributed by atoms with Gasteiger partial charge in [-0.25, -0.2) is 4.98 Å². The van der Waals surface area contributed by atoms with E-state index < -0.39 is 11.8 Å². The van der Waals surface area contributed by atoms with Crippen LogP contribution in [-0.4, -0.2) is 21.2 Å². The number of hydrogen-bond donors (Lipinski definition) is 1. The van der Waals surface area contributed by atoms with Crippen molar-refractivity contribution < 1.29 is 9.59 Å². The van der Waals surface area contributed by atoms with Crippen LogP contribution in [0.5, 0.6) is 0 Å². The van der Waals surface area contributed by atoms with Crippen LogP contribution in [0.1, 0.15) is 80.5 Å². The van der Waals surface area contributed by atoms with E-state index in [1.54, 1.807) is 11.3 Å². The number of nitrogens with two attached hydrogens (primary N) is 1. The van der Waals surface area contributed by atoms with Crippen LogP contribution in [0.25, 0.3) is 11.0 Å². The van der Waals surface area contributed by atoms with Crippen LogP contribution in [0, 0.1) is 11.8 Å². The zero-order valence-electron chi connectivity index (χ0n) is 18.9. The highest BCUT2D eigenvalue weighted by Gasteiger charge is 2.23. The number of fused-ring (bicyclic) bond motifs is 1. The highest BCUT2D eigenvalue weighted by molar-refractivity contribution is 7.09. The Morgan fingerprint density at radius 1 is 1.16 bits per heavy atom. The van der Waals surface area contributed by atoms with Gasteiger partial charge >= 0.3 is 0 Å². The normalized spacial score (nSPS) is 12.7. The molecule has 6 heteroatoms. The second-order valence-corrected chi connectivity index (χ2v) is 9.72. The fraction of sp³-hybridized carbons (Fsp3) is 0.480. The van der Waals surface area contributed by atoms with E-state index in [1.807, 2.05) is 32.0 Å². The molecule has 0 aliphatic heterocycles. The summed E-state index contributed by atoms with van der Waals surface area (Å²) in [5, 5.41) is 2.09. The van der Waals surface area contributed by atoms with Gasteiger partial charge in [0.25, 0.3) is 0 Å². The summed E-state index contributed by atoms with van der Waals surface area (Å²) in [6.45, 7) is 8.47. The first kappa shape index (κ1) is 23.2. The van der Waals surface area contributed by atoms with Crippen molar-refractivity contribution in [1.82, 2.24) is 9.55 Å². The van der Waals surface area contributed by atoms with E-state index in [9.17, 15) is 9.59 Å². The van der Waals surface area contributed by atoms with Gasteiger partial charge in [0.05, 0.1) is 11.0 Å². The molecule has 0 aliphatic rings. The molecular formula is C25H33N3O2S. The number of thiophene rings is 1. The predicted octanol–water partition coefficient (Wildman–Crippen LogP) is 5.77. The summed E-state index contributed by atoms with van der Waals surface area (Å²) in [6, 6.07) is 10.3. The van der Waals surface area contributed by atoms with Gasteiger partial charge in [-0.3, -0.25) is 9.59 Å². The van der Waals surface area contributed by atoms with Crippen molar-refractivity contribution in [3.8, 4) is 0 Å². The van der Waals surface area contributed by atoms with Crippen molar-refractivity contribution in [1.29, 1.82) is 0 Å². The number of carbonyl (C=O) groups excluding carboxylic acids is 2. The molecular weight excluding hydrogens is 406 g/mol. The monoisotopic (exact) mass is 439 g/mol. The van der Waals surface area contributed by atoms with Crippen LogP contribution in [0.15, 0.2) is 35.7 Å². The number of aromatic nitrogens is 2. The highest BCUT2D eigenvalue weighted by atomic mass is 32.1. The molecule has 166 valence electrons. The van der Waals surface area contributed by atoms with Crippen molar-refractivity contribution in [3.63, 3.8) is 0 Å². The number of carbonyl (C=O) groups is 2. The molecule has 0 spiro atoms. The lowest BCUT2D eigenvalue weighted by molar-refractivity contribution is -0.122. The molecule has 1 unspecified atom stereocenters. The molecule has 1 atom stereocenters. The summed E-state index contributed by atoms with van der Waals surface area (Å²) in [5.74, 6) is 0.455. The van der Waals surface area contributed by atoms with Gasteiger partial charge in [0.15, 0.2) is 5.78 Å². The summed E-state index contributed by atoms with van der Waals surface area (Å²) in [4.78, 5) is 31.0. The van der Waals surface area contributed by atoms with Gasteiger partial charge in [-0.2, -0.15) is 0 Å². The second kappa shape index (κ2) is 10.2. The third-order valence-corrected chi connectivity index (χ3v) is 6.77. The van der Waals surface area contributed by atoms with Crippen LogP contribution < -0.4 is 5.73 Å². The summed E-state index contributed by atoms with van der Waals surface area (Å²) >= 11 is 1.73. The quantitative estimate of drug-likeness (QED) is 0.385. The van der Waals surface area contributed by atoms with Crippen LogP contribution >= 0.6 is 11.3 Å². The minimum Gasteiger partial charge on any atom is -0.369 e. The lowest BCUT2D eigenvalue weighted by atomic mass is 9.90. The van der Waals surface area contributed by atoms with Gasteiger partial charge in [-0.1, -0.05) is 33.8 Å². The molecule has 0 fully saturated rings. The summed E-state index contributed by atoms with van der Waals surface area (Å²) < 4.78 is 2.34. The highest BCUT2D eigenvalue weighted by Crippen LogP contribution is 2.29. The van der Waals surface area contributed by atoms with E-state index in [2.05, 4.69) is 35.9 Å². The van der Waals surface area contributed by atoms with E-state index in [1.165, 1.54) is 4.88 Å². The Labute approximate surface area is 188 Å². The number of Topliss-reactive ketones (excluding diaryl/α,β-unsaturated/α-hetero) is 1. The first-order chi connectivity index (χ1) is 14.8. The lowest BCUT2D eigenvalue weighted by Crippen LogP contribution is -2.27. The number of imidazole rings is 1. The molecule has 2 N–H and O–H groups in total. The Hall–Kier alpha value is -2.47. The molecule has 3 aromatic rings. The molecule has 1 aromatic carbocycles. The standard InChI is InChI=1S/C25H33N3O2S/c1-5-19(6-2)28-22-10-9-17(23(29)14-18(25(26)30)12-16(3)4)13-21(22)27-24(28)15-20-8-7-11-31-20/h7-11,13,16,18-19H,5-6,12,14-15H2,1-4H3,(H2,26,30). The Bertz CT molecular complexity index is 1030. The summed E-state index contributed by atoms with van der Waals surface area (Å²) in [5.41, 5.74) is 8.04. The van der Waals surface area contributed by atoms with Crippen molar-refractivity contribution in [2.24, 2.45) is 17.6 Å². The molecule has 0 aliphatic carbocycles. The number of hydrogen-bond acceptors (Lipinski definition) is 4. The van der Waals surface area contributed by atoms with E-state index >= 15 is 0 Å². The lowest BCUT2D eigenvalue weighted by Gasteiger charge is -2.19. The number of nitrogens with zero attached hydrogens (tertiary/aromatic N) is 2. The second-order valence-electron chi connectivity index (χ2n) is 8.68. The predicted molar refractivity (Wildman–Crippen MR) is 128 cm³/mol. The number of primary amides is 1. The van der Waals surface area contributed by atoms with E-state index in [0.29, 0.717) is 23.9 Å². The van der Waals surface area contributed by atoms with Crippen LogP contribution in [0.3, 0.4) is 0 Å². The third-order valence-electron chi connectivity index (χ3n) is 5.89. The van der Waals surface area contributed by atoms with Gasteiger partial charge in [0.2, 0.25) is 5.91 Å². The minimum absolute atomic E-state index is 0.0526. The van der Waals surface area contributed by atoms with Crippen LogP contribution in [0.4, 0.5) is 0 Å². The first-order valence-corrected chi connectivity index (χ1v) is 12.1. The Kier molecular flexibility index (Phi) is 7.65. The largest absolute Gasteiger partial charge is 0.369 e. The minimum atomic E-state index is -0.431. The molecule has 0 saturated heterocycles. The maximum atomic E-state index is 12.9. The van der Waals surface area contributed by atoms with Gasteiger partial charge in [-0.15, -0.1) is 11.3 Å².